The lowest BCUT2D eigenvalue weighted by Gasteiger charge is -2.32. The summed E-state index contributed by atoms with van der Waals surface area (Å²) in [5, 5.41) is 23.9. The molecule has 4 rings (SSSR count). The third-order valence-corrected chi connectivity index (χ3v) is 4.72. The van der Waals surface area contributed by atoms with E-state index >= 15 is 0 Å². The molecular weight excluding hydrogens is 288 g/mol. The third-order valence-electron chi connectivity index (χ3n) is 4.72. The Labute approximate surface area is 134 Å². The van der Waals surface area contributed by atoms with Gasteiger partial charge in [0.2, 0.25) is 0 Å². The van der Waals surface area contributed by atoms with Crippen molar-refractivity contribution in [2.45, 2.75) is 18.8 Å². The van der Waals surface area contributed by atoms with Gasteiger partial charge in [-0.25, -0.2) is 0 Å². The second-order valence-electron chi connectivity index (χ2n) is 5.99. The summed E-state index contributed by atoms with van der Waals surface area (Å²) < 4.78 is 0. The Morgan fingerprint density at radius 2 is 1.96 bits per heavy atom. The maximum Gasteiger partial charge on any atom is 0.156 e. The van der Waals surface area contributed by atoms with Gasteiger partial charge < -0.3 is 10.6 Å². The van der Waals surface area contributed by atoms with Gasteiger partial charge in [0.25, 0.3) is 0 Å². The van der Waals surface area contributed by atoms with Crippen LogP contribution in [-0.4, -0.2) is 28.3 Å². The highest BCUT2D eigenvalue weighted by molar-refractivity contribution is 5.64. The lowest BCUT2D eigenvalue weighted by atomic mass is 9.79. The lowest BCUT2D eigenvalue weighted by molar-refractivity contribution is 0.418. The Bertz CT molecular complexity index is 764. The first kappa shape index (κ1) is 14.0. The van der Waals surface area contributed by atoms with Gasteiger partial charge in [-0.1, -0.05) is 0 Å². The molecule has 0 amide bonds. The molecule has 1 unspecified atom stereocenters. The molecule has 4 heterocycles. The zero-order valence-electron chi connectivity index (χ0n) is 12.7. The summed E-state index contributed by atoms with van der Waals surface area (Å²) in [5.74, 6) is 1.13. The number of allylic oxidation sites excluding steroid dienone is 2. The molecule has 3 N–H and O–H groups in total. The zero-order valence-corrected chi connectivity index (χ0v) is 12.7. The normalized spacial score (nSPS) is 21.4. The monoisotopic (exact) mass is 306 g/mol. The highest BCUT2D eigenvalue weighted by Gasteiger charge is 2.34. The minimum atomic E-state index is -0.0807. The standard InChI is InChI=1S/C17H18N6/c18-9-13-15(11-1-5-19-6-2-11)14-10-21-23-17(14)22-16(13)12-3-7-20-8-4-12/h1-2,5-6,10,12,15,20H,3-4,7-8H2,(H2,21,22,23). The number of rotatable bonds is 2. The van der Waals surface area contributed by atoms with Crippen LogP contribution in [0.1, 0.15) is 29.9 Å². The average Bonchev–Trinajstić information content (AvgIpc) is 3.09. The number of hydrogen-bond donors (Lipinski definition) is 3. The second kappa shape index (κ2) is 5.86. The first-order valence-corrected chi connectivity index (χ1v) is 7.94. The van der Waals surface area contributed by atoms with E-state index < -0.39 is 0 Å². The van der Waals surface area contributed by atoms with Crippen molar-refractivity contribution in [3.05, 3.63) is 53.1 Å². The highest BCUT2D eigenvalue weighted by Crippen LogP contribution is 2.43. The van der Waals surface area contributed by atoms with Crippen LogP contribution in [0.4, 0.5) is 5.82 Å². The molecular formula is C17H18N6. The molecule has 0 saturated carbocycles. The molecule has 0 spiro atoms. The number of nitrogens with zero attached hydrogens (tertiary/aromatic N) is 3. The summed E-state index contributed by atoms with van der Waals surface area (Å²) >= 11 is 0. The molecule has 0 aromatic carbocycles. The van der Waals surface area contributed by atoms with Crippen molar-refractivity contribution in [1.82, 2.24) is 20.5 Å². The topological polar surface area (TPSA) is 89.4 Å². The Morgan fingerprint density at radius 3 is 2.70 bits per heavy atom. The van der Waals surface area contributed by atoms with E-state index in [1.807, 2.05) is 18.3 Å². The molecule has 2 aliphatic heterocycles. The van der Waals surface area contributed by atoms with E-state index in [0.29, 0.717) is 5.92 Å². The van der Waals surface area contributed by atoms with Crippen molar-refractivity contribution in [2.75, 3.05) is 18.4 Å². The molecule has 0 aliphatic carbocycles. The number of hydrogen-bond acceptors (Lipinski definition) is 5. The van der Waals surface area contributed by atoms with Gasteiger partial charge in [0.15, 0.2) is 5.82 Å². The smallest absolute Gasteiger partial charge is 0.156 e. The van der Waals surface area contributed by atoms with Crippen molar-refractivity contribution >= 4 is 5.82 Å². The SMILES string of the molecule is N#CC1=C(C2CCNCC2)Nc2n[nH]cc2C1c1ccncc1. The van der Waals surface area contributed by atoms with E-state index in [-0.39, 0.29) is 5.92 Å². The maximum absolute atomic E-state index is 9.88. The molecule has 0 bridgehead atoms. The van der Waals surface area contributed by atoms with Gasteiger partial charge in [0.05, 0.1) is 17.6 Å². The third kappa shape index (κ3) is 2.39. The van der Waals surface area contributed by atoms with Crippen LogP contribution in [0.3, 0.4) is 0 Å². The quantitative estimate of drug-likeness (QED) is 0.791. The van der Waals surface area contributed by atoms with Crippen LogP contribution in [0, 0.1) is 17.2 Å². The number of fused-ring (bicyclic) bond motifs is 1. The minimum absolute atomic E-state index is 0.0807. The summed E-state index contributed by atoms with van der Waals surface area (Å²) in [6.07, 6.45) is 7.50. The molecule has 2 aromatic rings. The van der Waals surface area contributed by atoms with Gasteiger partial charge in [0, 0.05) is 35.8 Å². The largest absolute Gasteiger partial charge is 0.341 e. The Morgan fingerprint density at radius 1 is 1.17 bits per heavy atom. The molecule has 2 aromatic heterocycles. The summed E-state index contributed by atoms with van der Waals surface area (Å²) in [4.78, 5) is 4.10. The summed E-state index contributed by atoms with van der Waals surface area (Å²) in [6.45, 7) is 1.98. The van der Waals surface area contributed by atoms with Gasteiger partial charge in [-0.3, -0.25) is 10.1 Å². The molecule has 6 nitrogen and oxygen atoms in total. The first-order valence-electron chi connectivity index (χ1n) is 7.94. The van der Waals surface area contributed by atoms with E-state index in [0.717, 1.165) is 54.1 Å². The van der Waals surface area contributed by atoms with Crippen LogP contribution >= 0.6 is 0 Å². The van der Waals surface area contributed by atoms with Gasteiger partial charge in [-0.05, 0) is 43.6 Å². The van der Waals surface area contributed by atoms with Crippen LogP contribution in [0.5, 0.6) is 0 Å². The molecule has 6 heteroatoms. The predicted octanol–water partition coefficient (Wildman–Crippen LogP) is 2.14. The molecule has 116 valence electrons. The van der Waals surface area contributed by atoms with Crippen molar-refractivity contribution < 1.29 is 0 Å². The Hall–Kier alpha value is -2.65. The van der Waals surface area contributed by atoms with Crippen molar-refractivity contribution in [3.63, 3.8) is 0 Å². The van der Waals surface area contributed by atoms with E-state index in [1.54, 1.807) is 12.4 Å². The van der Waals surface area contributed by atoms with Crippen LogP contribution in [0.15, 0.2) is 42.0 Å². The first-order chi connectivity index (χ1) is 11.4. The number of aromatic amines is 1. The average molecular weight is 306 g/mol. The Balaban J connectivity index is 1.84. The number of aromatic nitrogens is 3. The fourth-order valence-electron chi connectivity index (χ4n) is 3.58. The van der Waals surface area contributed by atoms with Crippen LogP contribution < -0.4 is 10.6 Å². The van der Waals surface area contributed by atoms with Gasteiger partial charge in [-0.2, -0.15) is 10.4 Å². The summed E-state index contributed by atoms with van der Waals surface area (Å²) in [6, 6.07) is 6.42. The van der Waals surface area contributed by atoms with Crippen LogP contribution in [-0.2, 0) is 0 Å². The zero-order chi connectivity index (χ0) is 15.6. The van der Waals surface area contributed by atoms with Crippen LogP contribution in [0.25, 0.3) is 0 Å². The number of anilines is 1. The van der Waals surface area contributed by atoms with E-state index in [4.69, 9.17) is 0 Å². The lowest BCUT2D eigenvalue weighted by Crippen LogP contribution is -2.32. The fourth-order valence-corrected chi connectivity index (χ4v) is 3.58. The number of nitriles is 1. The van der Waals surface area contributed by atoms with E-state index in [9.17, 15) is 5.26 Å². The predicted molar refractivity (Wildman–Crippen MR) is 86.5 cm³/mol. The minimum Gasteiger partial charge on any atom is -0.341 e. The molecule has 23 heavy (non-hydrogen) atoms. The molecule has 1 saturated heterocycles. The number of nitrogens with one attached hydrogen (secondary N) is 3. The maximum atomic E-state index is 9.88. The second-order valence-corrected chi connectivity index (χ2v) is 5.99. The summed E-state index contributed by atoms with van der Waals surface area (Å²) in [7, 11) is 0. The number of H-pyrrole nitrogens is 1. The summed E-state index contributed by atoms with van der Waals surface area (Å²) in [5.41, 5.74) is 3.94. The van der Waals surface area contributed by atoms with Gasteiger partial charge in [0.1, 0.15) is 0 Å². The number of piperidine rings is 1. The van der Waals surface area contributed by atoms with Crippen molar-refractivity contribution in [3.8, 4) is 6.07 Å². The van der Waals surface area contributed by atoms with Gasteiger partial charge >= 0.3 is 0 Å². The molecule has 0 radical (unpaired) electrons. The molecule has 1 atom stereocenters. The molecule has 1 fully saturated rings. The van der Waals surface area contributed by atoms with Crippen molar-refractivity contribution in [2.24, 2.45) is 5.92 Å². The van der Waals surface area contributed by atoms with Gasteiger partial charge in [-0.15, -0.1) is 0 Å². The Kier molecular flexibility index (Phi) is 3.56. The fraction of sp³-hybridized carbons (Fsp3) is 0.353. The van der Waals surface area contributed by atoms with Crippen LogP contribution in [0.2, 0.25) is 0 Å². The number of pyridine rings is 1. The van der Waals surface area contributed by atoms with Crippen molar-refractivity contribution in [1.29, 1.82) is 5.26 Å². The highest BCUT2D eigenvalue weighted by atomic mass is 15.2. The molecule has 2 aliphatic rings. The van der Waals surface area contributed by atoms with E-state index in [1.165, 1.54) is 0 Å². The van der Waals surface area contributed by atoms with E-state index in [2.05, 4.69) is 31.9 Å².